The van der Waals surface area contributed by atoms with E-state index in [0.29, 0.717) is 11.8 Å². The van der Waals surface area contributed by atoms with Crippen LogP contribution >= 0.6 is 0 Å². The molecule has 3 nitrogen and oxygen atoms in total. The van der Waals surface area contributed by atoms with Crippen molar-refractivity contribution in [1.29, 1.82) is 0 Å². The van der Waals surface area contributed by atoms with Crippen LogP contribution in [0.15, 0.2) is 10.6 Å². The Morgan fingerprint density at radius 2 is 1.93 bits per heavy atom. The molecule has 1 rings (SSSR count). The quantitative estimate of drug-likeness (QED) is 0.810. The van der Waals surface area contributed by atoms with Gasteiger partial charge in [0.25, 0.3) is 5.88 Å². The molecular weight excluding hydrogens is 178 g/mol. The number of rotatable bonds is 3. The van der Waals surface area contributed by atoms with E-state index in [4.69, 9.17) is 9.63 Å². The smallest absolute Gasteiger partial charge is 0.251 e. The Hall–Kier alpha value is -0.990. The van der Waals surface area contributed by atoms with Gasteiger partial charge in [-0.25, -0.2) is 0 Å². The lowest BCUT2D eigenvalue weighted by Gasteiger charge is -2.31. The van der Waals surface area contributed by atoms with E-state index in [1.165, 1.54) is 0 Å². The molecule has 1 heterocycles. The van der Waals surface area contributed by atoms with Crippen LogP contribution in [0.1, 0.15) is 40.4 Å². The summed E-state index contributed by atoms with van der Waals surface area (Å²) in [6.07, 6.45) is 0. The van der Waals surface area contributed by atoms with Crippen molar-refractivity contribution in [2.75, 3.05) is 0 Å². The minimum absolute atomic E-state index is 0.0379. The Balaban J connectivity index is 2.95. The average Bonchev–Trinajstić information content (AvgIpc) is 2.50. The lowest BCUT2D eigenvalue weighted by Crippen LogP contribution is -2.29. The largest absolute Gasteiger partial charge is 0.491 e. The summed E-state index contributed by atoms with van der Waals surface area (Å²) in [5.41, 5.74) is -0.0951. The first-order valence-electron chi connectivity index (χ1n) is 5.02. The lowest BCUT2D eigenvalue weighted by molar-refractivity contribution is 0.205. The van der Waals surface area contributed by atoms with Crippen LogP contribution in [0.3, 0.4) is 0 Å². The van der Waals surface area contributed by atoms with Gasteiger partial charge in [-0.3, -0.25) is 0 Å². The van der Waals surface area contributed by atoms with Gasteiger partial charge in [-0.15, -0.1) is 0 Å². The maximum Gasteiger partial charge on any atom is 0.251 e. The third-order valence-corrected chi connectivity index (χ3v) is 3.27. The zero-order valence-corrected chi connectivity index (χ0v) is 9.53. The number of nitrogens with zero attached hydrogens (tertiary/aromatic N) is 1. The van der Waals surface area contributed by atoms with E-state index in [2.05, 4.69) is 39.8 Å². The fourth-order valence-electron chi connectivity index (χ4n) is 1.63. The van der Waals surface area contributed by atoms with Crippen LogP contribution in [0.2, 0.25) is 0 Å². The monoisotopic (exact) mass is 197 g/mol. The van der Waals surface area contributed by atoms with Crippen LogP contribution in [-0.4, -0.2) is 10.3 Å². The van der Waals surface area contributed by atoms with Crippen molar-refractivity contribution in [2.45, 2.75) is 40.0 Å². The van der Waals surface area contributed by atoms with E-state index in [1.807, 2.05) is 0 Å². The molecule has 0 aromatic carbocycles. The molecule has 0 aliphatic carbocycles. The molecule has 3 heteroatoms. The first kappa shape index (κ1) is 11.1. The molecule has 80 valence electrons. The Morgan fingerprint density at radius 1 is 1.36 bits per heavy atom. The van der Waals surface area contributed by atoms with E-state index >= 15 is 0 Å². The molecule has 0 bridgehead atoms. The highest BCUT2D eigenvalue weighted by atomic mass is 16.5. The third-order valence-electron chi connectivity index (χ3n) is 3.27. The molecule has 1 aromatic heterocycles. The van der Waals surface area contributed by atoms with E-state index in [1.54, 1.807) is 6.07 Å². The summed E-state index contributed by atoms with van der Waals surface area (Å²) < 4.78 is 5.10. The van der Waals surface area contributed by atoms with Gasteiger partial charge in [0.1, 0.15) is 5.76 Å². The Labute approximate surface area is 85.1 Å². The van der Waals surface area contributed by atoms with Crippen molar-refractivity contribution < 1.29 is 9.63 Å². The van der Waals surface area contributed by atoms with Crippen LogP contribution in [0.25, 0.3) is 0 Å². The van der Waals surface area contributed by atoms with Crippen molar-refractivity contribution in [3.63, 3.8) is 0 Å². The normalized spacial score (nSPS) is 14.7. The van der Waals surface area contributed by atoms with Crippen LogP contribution in [0, 0.1) is 11.8 Å². The van der Waals surface area contributed by atoms with E-state index < -0.39 is 0 Å². The molecule has 14 heavy (non-hydrogen) atoms. The zero-order chi connectivity index (χ0) is 10.9. The highest BCUT2D eigenvalue weighted by Crippen LogP contribution is 2.36. The third kappa shape index (κ3) is 1.91. The van der Waals surface area contributed by atoms with E-state index in [-0.39, 0.29) is 11.3 Å². The van der Waals surface area contributed by atoms with Crippen molar-refractivity contribution in [3.8, 4) is 5.88 Å². The highest BCUT2D eigenvalue weighted by molar-refractivity contribution is 5.18. The van der Waals surface area contributed by atoms with Crippen LogP contribution in [0.5, 0.6) is 5.88 Å². The first-order valence-corrected chi connectivity index (χ1v) is 5.02. The van der Waals surface area contributed by atoms with Gasteiger partial charge in [-0.2, -0.15) is 0 Å². The molecule has 0 aliphatic rings. The summed E-state index contributed by atoms with van der Waals surface area (Å²) in [6, 6.07) is 1.60. The van der Waals surface area contributed by atoms with Crippen molar-refractivity contribution in [2.24, 2.45) is 11.8 Å². The fourth-order valence-corrected chi connectivity index (χ4v) is 1.63. The Kier molecular flexibility index (Phi) is 2.88. The Bertz CT molecular complexity index is 302. The van der Waals surface area contributed by atoms with Crippen molar-refractivity contribution >= 4 is 0 Å². The molecule has 0 saturated carbocycles. The average molecular weight is 197 g/mol. The van der Waals surface area contributed by atoms with Crippen LogP contribution < -0.4 is 0 Å². The zero-order valence-electron chi connectivity index (χ0n) is 9.53. The van der Waals surface area contributed by atoms with Gasteiger partial charge in [0, 0.05) is 11.5 Å². The highest BCUT2D eigenvalue weighted by Gasteiger charge is 2.33. The molecule has 1 N–H and O–H groups in total. The van der Waals surface area contributed by atoms with Gasteiger partial charge in [0.05, 0.1) is 0 Å². The number of aromatic hydroxyl groups is 1. The minimum Gasteiger partial charge on any atom is -0.491 e. The summed E-state index contributed by atoms with van der Waals surface area (Å²) >= 11 is 0. The summed E-state index contributed by atoms with van der Waals surface area (Å²) in [4.78, 5) is 0. The molecule has 0 aliphatic heterocycles. The molecule has 0 fully saturated rings. The molecule has 1 unspecified atom stereocenters. The van der Waals surface area contributed by atoms with Crippen molar-refractivity contribution in [1.82, 2.24) is 5.16 Å². The first-order chi connectivity index (χ1) is 6.35. The van der Waals surface area contributed by atoms with E-state index in [9.17, 15) is 0 Å². The standard InChI is InChI=1S/C11H19NO2/c1-7(2)8(3)11(4,5)9-6-10(13)12-14-9/h6-8H,1-5H3,(H,12,13). The number of hydrogen-bond donors (Lipinski definition) is 1. The van der Waals surface area contributed by atoms with Crippen LogP contribution in [0.4, 0.5) is 0 Å². The predicted molar refractivity (Wildman–Crippen MR) is 55.2 cm³/mol. The molecule has 0 saturated heterocycles. The maximum atomic E-state index is 9.13. The van der Waals surface area contributed by atoms with Gasteiger partial charge < -0.3 is 9.63 Å². The molecule has 1 aromatic rings. The second kappa shape index (κ2) is 3.64. The lowest BCUT2D eigenvalue weighted by atomic mass is 9.72. The topological polar surface area (TPSA) is 46.3 Å². The minimum atomic E-state index is -0.0951. The summed E-state index contributed by atoms with van der Waals surface area (Å²) in [5, 5.41) is 12.6. The SMILES string of the molecule is CC(C)C(C)C(C)(C)c1cc(O)no1. The second-order valence-corrected chi connectivity index (χ2v) is 4.80. The Morgan fingerprint density at radius 3 is 2.29 bits per heavy atom. The van der Waals surface area contributed by atoms with Crippen LogP contribution in [-0.2, 0) is 5.41 Å². The van der Waals surface area contributed by atoms with Gasteiger partial charge in [-0.1, -0.05) is 34.6 Å². The number of aromatic nitrogens is 1. The summed E-state index contributed by atoms with van der Waals surface area (Å²) in [7, 11) is 0. The predicted octanol–water partition coefficient (Wildman–Crippen LogP) is 2.95. The number of hydrogen-bond acceptors (Lipinski definition) is 3. The molecular formula is C11H19NO2. The van der Waals surface area contributed by atoms with Gasteiger partial charge in [0.15, 0.2) is 0 Å². The maximum absolute atomic E-state index is 9.13. The molecule has 0 amide bonds. The van der Waals surface area contributed by atoms with E-state index in [0.717, 1.165) is 5.76 Å². The summed E-state index contributed by atoms with van der Waals surface area (Å²) in [6.45, 7) is 10.8. The van der Waals surface area contributed by atoms with Gasteiger partial charge in [0.2, 0.25) is 0 Å². The van der Waals surface area contributed by atoms with Gasteiger partial charge in [-0.05, 0) is 17.0 Å². The molecule has 0 radical (unpaired) electrons. The second-order valence-electron chi connectivity index (χ2n) is 4.80. The summed E-state index contributed by atoms with van der Waals surface area (Å²) in [5.74, 6) is 1.74. The molecule has 1 atom stereocenters. The van der Waals surface area contributed by atoms with Gasteiger partial charge >= 0.3 is 0 Å². The molecule has 0 spiro atoms. The fraction of sp³-hybridized carbons (Fsp3) is 0.727. The van der Waals surface area contributed by atoms with Crippen molar-refractivity contribution in [3.05, 3.63) is 11.8 Å².